The first-order chi connectivity index (χ1) is 5.65. The number of nitrogens with zero attached hydrogens (tertiary/aromatic N) is 1. The Morgan fingerprint density at radius 3 is 2.83 bits per heavy atom. The Morgan fingerprint density at radius 2 is 2.25 bits per heavy atom. The zero-order chi connectivity index (χ0) is 9.14. The maximum atomic E-state index is 8.42. The SMILES string of the molecule is N#CSc1cc(Cl)c(N)cc1Br. The van der Waals surface area contributed by atoms with Crippen molar-refractivity contribution in [3.8, 4) is 5.40 Å². The summed E-state index contributed by atoms with van der Waals surface area (Å²) in [5.74, 6) is 0. The molecule has 0 aliphatic heterocycles. The monoisotopic (exact) mass is 262 g/mol. The van der Waals surface area contributed by atoms with Gasteiger partial charge < -0.3 is 5.73 Å². The molecule has 0 saturated heterocycles. The van der Waals surface area contributed by atoms with Crippen LogP contribution >= 0.6 is 39.3 Å². The lowest BCUT2D eigenvalue weighted by Gasteiger charge is -2.02. The van der Waals surface area contributed by atoms with Crippen LogP contribution in [-0.2, 0) is 0 Å². The van der Waals surface area contributed by atoms with E-state index in [0.717, 1.165) is 21.1 Å². The molecule has 0 spiro atoms. The van der Waals surface area contributed by atoms with Gasteiger partial charge in [-0.25, -0.2) is 0 Å². The number of hydrogen-bond donors (Lipinski definition) is 1. The molecule has 0 fully saturated rings. The van der Waals surface area contributed by atoms with Crippen molar-refractivity contribution in [2.24, 2.45) is 0 Å². The van der Waals surface area contributed by atoms with Crippen molar-refractivity contribution in [2.75, 3.05) is 5.73 Å². The number of anilines is 1. The third kappa shape index (κ3) is 2.07. The predicted octanol–water partition coefficient (Wildman–Crippen LogP) is 3.26. The molecule has 5 heteroatoms. The summed E-state index contributed by atoms with van der Waals surface area (Å²) in [7, 11) is 0. The van der Waals surface area contributed by atoms with Crippen LogP contribution in [0.5, 0.6) is 0 Å². The molecule has 2 N–H and O–H groups in total. The predicted molar refractivity (Wildman–Crippen MR) is 55.0 cm³/mol. The lowest BCUT2D eigenvalue weighted by Crippen LogP contribution is -1.86. The van der Waals surface area contributed by atoms with Crippen LogP contribution in [0.2, 0.25) is 5.02 Å². The fourth-order valence-corrected chi connectivity index (χ4v) is 1.94. The molecule has 1 aromatic rings. The van der Waals surface area contributed by atoms with Crippen molar-refractivity contribution >= 4 is 45.0 Å². The van der Waals surface area contributed by atoms with Gasteiger partial charge in [0.1, 0.15) is 5.40 Å². The van der Waals surface area contributed by atoms with Crippen LogP contribution in [-0.4, -0.2) is 0 Å². The van der Waals surface area contributed by atoms with Crippen molar-refractivity contribution in [1.29, 1.82) is 5.26 Å². The third-order valence-corrected chi connectivity index (χ3v) is 3.10. The van der Waals surface area contributed by atoms with Crippen molar-refractivity contribution in [3.05, 3.63) is 21.6 Å². The van der Waals surface area contributed by atoms with Crippen LogP contribution < -0.4 is 5.73 Å². The normalized spacial score (nSPS) is 9.42. The lowest BCUT2D eigenvalue weighted by atomic mass is 10.3. The topological polar surface area (TPSA) is 49.8 Å². The van der Waals surface area contributed by atoms with Crippen molar-refractivity contribution < 1.29 is 0 Å². The summed E-state index contributed by atoms with van der Waals surface area (Å²) in [5, 5.41) is 10.8. The van der Waals surface area contributed by atoms with Crippen LogP contribution in [0.3, 0.4) is 0 Å². The molecule has 0 aliphatic carbocycles. The van der Waals surface area contributed by atoms with Gasteiger partial charge in [0.05, 0.1) is 10.7 Å². The summed E-state index contributed by atoms with van der Waals surface area (Å²) >= 11 is 10.1. The van der Waals surface area contributed by atoms with Crippen LogP contribution in [0.4, 0.5) is 5.69 Å². The van der Waals surface area contributed by atoms with Crippen LogP contribution in [0, 0.1) is 10.7 Å². The zero-order valence-corrected chi connectivity index (χ0v) is 9.00. The summed E-state index contributed by atoms with van der Waals surface area (Å²) < 4.78 is 0.788. The van der Waals surface area contributed by atoms with E-state index in [9.17, 15) is 0 Å². The van der Waals surface area contributed by atoms with Gasteiger partial charge in [-0.15, -0.1) is 0 Å². The van der Waals surface area contributed by atoms with Gasteiger partial charge in [-0.3, -0.25) is 0 Å². The molecule has 1 rings (SSSR count). The molecular weight excluding hydrogens is 260 g/mol. The van der Waals surface area contributed by atoms with Gasteiger partial charge in [0.25, 0.3) is 0 Å². The largest absolute Gasteiger partial charge is 0.397 e. The number of nitrogens with two attached hydrogens (primary N) is 1. The van der Waals surface area contributed by atoms with Gasteiger partial charge in [0.2, 0.25) is 0 Å². The van der Waals surface area contributed by atoms with E-state index in [4.69, 9.17) is 22.6 Å². The van der Waals surface area contributed by atoms with Gasteiger partial charge in [-0.2, -0.15) is 5.26 Å². The summed E-state index contributed by atoms with van der Waals surface area (Å²) in [5.41, 5.74) is 6.04. The molecule has 0 bridgehead atoms. The molecule has 0 aromatic heterocycles. The second kappa shape index (κ2) is 4.04. The summed E-state index contributed by atoms with van der Waals surface area (Å²) in [6.07, 6.45) is 0. The summed E-state index contributed by atoms with van der Waals surface area (Å²) in [6, 6.07) is 3.34. The molecule has 0 heterocycles. The van der Waals surface area contributed by atoms with Crippen LogP contribution in [0.15, 0.2) is 21.5 Å². The number of nitriles is 1. The molecule has 0 unspecified atom stereocenters. The van der Waals surface area contributed by atoms with Crippen LogP contribution in [0.1, 0.15) is 0 Å². The van der Waals surface area contributed by atoms with Crippen molar-refractivity contribution in [2.45, 2.75) is 4.90 Å². The van der Waals surface area contributed by atoms with E-state index in [1.807, 2.05) is 5.40 Å². The van der Waals surface area contributed by atoms with Gasteiger partial charge in [-0.05, 0) is 39.8 Å². The number of hydrogen-bond acceptors (Lipinski definition) is 3. The molecule has 0 saturated carbocycles. The number of halogens is 2. The Kier molecular flexibility index (Phi) is 3.27. The number of thiocyanates is 1. The van der Waals surface area contributed by atoms with E-state index in [1.165, 1.54) is 0 Å². The standard InChI is InChI=1S/C7H4BrClN2S/c8-4-1-6(11)5(9)2-7(4)12-3-10/h1-2H,11H2. The van der Waals surface area contributed by atoms with Gasteiger partial charge >= 0.3 is 0 Å². The number of benzene rings is 1. The highest BCUT2D eigenvalue weighted by molar-refractivity contribution is 9.10. The number of nitrogen functional groups attached to an aromatic ring is 1. The average molecular weight is 264 g/mol. The highest BCUT2D eigenvalue weighted by Gasteiger charge is 2.04. The first-order valence-electron chi connectivity index (χ1n) is 2.95. The quantitative estimate of drug-likeness (QED) is 0.481. The minimum atomic E-state index is 0.468. The summed E-state index contributed by atoms with van der Waals surface area (Å²) in [6.45, 7) is 0. The molecule has 62 valence electrons. The smallest absolute Gasteiger partial charge is 0.138 e. The highest BCUT2D eigenvalue weighted by atomic mass is 79.9. The molecule has 0 radical (unpaired) electrons. The Balaban J connectivity index is 3.16. The minimum Gasteiger partial charge on any atom is -0.397 e. The fourth-order valence-electron chi connectivity index (χ4n) is 0.671. The Bertz CT molecular complexity index is 348. The van der Waals surface area contributed by atoms with Gasteiger partial charge in [0.15, 0.2) is 0 Å². The highest BCUT2D eigenvalue weighted by Crippen LogP contribution is 2.33. The fraction of sp³-hybridized carbons (Fsp3) is 0. The van der Waals surface area contributed by atoms with Crippen LogP contribution in [0.25, 0.3) is 0 Å². The third-order valence-electron chi connectivity index (χ3n) is 1.21. The Hall–Kier alpha value is -0.370. The molecule has 12 heavy (non-hydrogen) atoms. The van der Waals surface area contributed by atoms with E-state index >= 15 is 0 Å². The number of rotatable bonds is 1. The number of thioether (sulfide) groups is 1. The zero-order valence-electron chi connectivity index (χ0n) is 5.84. The first kappa shape index (κ1) is 9.72. The maximum Gasteiger partial charge on any atom is 0.138 e. The Morgan fingerprint density at radius 1 is 1.58 bits per heavy atom. The molecule has 0 amide bonds. The Labute approximate surface area is 87.8 Å². The molecular formula is C7H4BrClN2S. The van der Waals surface area contributed by atoms with E-state index in [-0.39, 0.29) is 0 Å². The second-order valence-electron chi connectivity index (χ2n) is 2.00. The molecule has 1 aromatic carbocycles. The summed E-state index contributed by atoms with van der Waals surface area (Å²) in [4.78, 5) is 0.775. The van der Waals surface area contributed by atoms with Crippen molar-refractivity contribution in [3.63, 3.8) is 0 Å². The average Bonchev–Trinajstić information content (AvgIpc) is 2.01. The van der Waals surface area contributed by atoms with E-state index < -0.39 is 0 Å². The second-order valence-corrected chi connectivity index (χ2v) is 4.09. The van der Waals surface area contributed by atoms with E-state index in [2.05, 4.69) is 15.9 Å². The van der Waals surface area contributed by atoms with E-state index in [0.29, 0.717) is 10.7 Å². The van der Waals surface area contributed by atoms with E-state index in [1.54, 1.807) is 12.1 Å². The van der Waals surface area contributed by atoms with Gasteiger partial charge in [-0.1, -0.05) is 11.6 Å². The first-order valence-corrected chi connectivity index (χ1v) is 4.94. The lowest BCUT2D eigenvalue weighted by molar-refractivity contribution is 1.41. The maximum absolute atomic E-state index is 8.42. The van der Waals surface area contributed by atoms with Crippen molar-refractivity contribution in [1.82, 2.24) is 0 Å². The van der Waals surface area contributed by atoms with Gasteiger partial charge in [0, 0.05) is 9.37 Å². The molecule has 2 nitrogen and oxygen atoms in total. The molecule has 0 atom stereocenters. The molecule has 0 aliphatic rings. The minimum absolute atomic E-state index is 0.468.